The third-order valence-electron chi connectivity index (χ3n) is 2.62. The van der Waals surface area contributed by atoms with Gasteiger partial charge in [-0.15, -0.1) is 0 Å². The number of amides is 1. The van der Waals surface area contributed by atoms with Crippen molar-refractivity contribution in [2.45, 2.75) is 45.8 Å². The Morgan fingerprint density at radius 1 is 1.23 bits per heavy atom. The summed E-state index contributed by atoms with van der Waals surface area (Å²) < 4.78 is 11.1. The van der Waals surface area contributed by atoms with Crippen LogP contribution in [0.5, 0.6) is 0 Å². The summed E-state index contributed by atoms with van der Waals surface area (Å²) in [6.07, 6.45) is -0.298. The van der Waals surface area contributed by atoms with Gasteiger partial charge in [0.25, 0.3) is 0 Å². The number of alkyl carbamates (subject to hydrolysis) is 1. The van der Waals surface area contributed by atoms with Crippen molar-refractivity contribution in [3.05, 3.63) is 34.3 Å². The molecule has 1 N–H and O–H groups in total. The highest BCUT2D eigenvalue weighted by Crippen LogP contribution is 2.13. The molecule has 0 heterocycles. The molecule has 22 heavy (non-hydrogen) atoms. The predicted molar refractivity (Wildman–Crippen MR) is 87.6 cm³/mol. The van der Waals surface area contributed by atoms with Crippen molar-refractivity contribution in [2.75, 3.05) is 6.61 Å². The number of hydrogen-bond acceptors (Lipinski definition) is 4. The summed E-state index contributed by atoms with van der Waals surface area (Å²) in [5.41, 5.74) is 0.290. The molecule has 0 radical (unpaired) electrons. The molecule has 6 heteroatoms. The molecule has 0 saturated carbocycles. The zero-order chi connectivity index (χ0) is 16.8. The second kappa shape index (κ2) is 8.17. The maximum absolute atomic E-state index is 12.0. The van der Waals surface area contributed by atoms with Crippen molar-refractivity contribution in [1.82, 2.24) is 5.32 Å². The van der Waals surface area contributed by atoms with Gasteiger partial charge in [-0.05, 0) is 45.4 Å². The molecule has 0 saturated heterocycles. The smallest absolute Gasteiger partial charge is 0.408 e. The van der Waals surface area contributed by atoms with Crippen LogP contribution in [0.1, 0.15) is 33.3 Å². The molecular formula is C16H22BrNO4. The van der Waals surface area contributed by atoms with E-state index in [-0.39, 0.29) is 6.61 Å². The first kappa shape index (κ1) is 18.5. The van der Waals surface area contributed by atoms with Gasteiger partial charge >= 0.3 is 12.1 Å². The van der Waals surface area contributed by atoms with E-state index in [1.165, 1.54) is 0 Å². The molecule has 0 aromatic heterocycles. The topological polar surface area (TPSA) is 64.6 Å². The molecule has 122 valence electrons. The van der Waals surface area contributed by atoms with E-state index >= 15 is 0 Å². The monoisotopic (exact) mass is 371 g/mol. The van der Waals surface area contributed by atoms with Crippen LogP contribution in [0.4, 0.5) is 4.79 Å². The van der Waals surface area contributed by atoms with Crippen molar-refractivity contribution in [3.63, 3.8) is 0 Å². The van der Waals surface area contributed by atoms with Crippen molar-refractivity contribution >= 4 is 28.0 Å². The molecule has 1 aromatic carbocycles. The molecule has 1 unspecified atom stereocenters. The minimum Gasteiger partial charge on any atom is -0.464 e. The number of benzene rings is 1. The molecule has 0 aliphatic carbocycles. The van der Waals surface area contributed by atoms with Gasteiger partial charge in [-0.3, -0.25) is 0 Å². The lowest BCUT2D eigenvalue weighted by Crippen LogP contribution is -2.45. The Kier molecular flexibility index (Phi) is 6.87. The molecule has 1 amide bonds. The fraction of sp³-hybridized carbons (Fsp3) is 0.500. The Labute approximate surface area is 139 Å². The highest BCUT2D eigenvalue weighted by Gasteiger charge is 2.25. The number of ether oxygens (including phenoxy) is 2. The number of nitrogens with one attached hydrogen (secondary N) is 1. The lowest BCUT2D eigenvalue weighted by atomic mass is 10.1. The van der Waals surface area contributed by atoms with Crippen LogP contribution in [0.25, 0.3) is 0 Å². The predicted octanol–water partition coefficient (Wildman–Crippen LogP) is 3.45. The minimum absolute atomic E-state index is 0.256. The Morgan fingerprint density at radius 3 is 2.32 bits per heavy atom. The Hall–Kier alpha value is -1.56. The van der Waals surface area contributed by atoms with Crippen molar-refractivity contribution in [2.24, 2.45) is 0 Å². The number of halogens is 1. The zero-order valence-corrected chi connectivity index (χ0v) is 14.9. The standard InChI is InChI=1S/C16H22BrNO4/c1-5-21-14(19)13(18-15(20)22-16(2,3)4)10-11-6-8-12(17)9-7-11/h6-9,13H,5,10H2,1-4H3,(H,18,20). The quantitative estimate of drug-likeness (QED) is 0.805. The van der Waals surface area contributed by atoms with Gasteiger partial charge in [0.15, 0.2) is 0 Å². The fourth-order valence-corrected chi connectivity index (χ4v) is 2.01. The van der Waals surface area contributed by atoms with Crippen LogP contribution in [-0.4, -0.2) is 30.3 Å². The molecule has 0 spiro atoms. The first-order chi connectivity index (χ1) is 10.2. The van der Waals surface area contributed by atoms with E-state index in [2.05, 4.69) is 21.2 Å². The van der Waals surface area contributed by atoms with Gasteiger partial charge in [0, 0.05) is 10.9 Å². The van der Waals surface area contributed by atoms with Crippen molar-refractivity contribution in [3.8, 4) is 0 Å². The minimum atomic E-state index is -0.782. The third-order valence-corrected chi connectivity index (χ3v) is 3.14. The number of hydrogen-bond donors (Lipinski definition) is 1. The van der Waals surface area contributed by atoms with E-state index in [0.29, 0.717) is 6.42 Å². The van der Waals surface area contributed by atoms with Gasteiger partial charge in [0.05, 0.1) is 6.61 Å². The van der Waals surface area contributed by atoms with E-state index in [1.54, 1.807) is 27.7 Å². The maximum Gasteiger partial charge on any atom is 0.408 e. The molecule has 0 fully saturated rings. The summed E-state index contributed by atoms with van der Waals surface area (Å²) >= 11 is 3.36. The summed E-state index contributed by atoms with van der Waals surface area (Å²) in [7, 11) is 0. The number of carbonyl (C=O) groups is 2. The molecule has 0 aliphatic rings. The van der Waals surface area contributed by atoms with Crippen LogP contribution in [0.2, 0.25) is 0 Å². The molecule has 0 aliphatic heterocycles. The third kappa shape index (κ3) is 6.93. The van der Waals surface area contributed by atoms with Crippen LogP contribution >= 0.6 is 15.9 Å². The average Bonchev–Trinajstić information content (AvgIpc) is 2.38. The summed E-state index contributed by atoms with van der Waals surface area (Å²) in [4.78, 5) is 23.9. The molecule has 1 rings (SSSR count). The molecule has 1 aromatic rings. The summed E-state index contributed by atoms with van der Waals surface area (Å²) in [5, 5.41) is 2.57. The highest BCUT2D eigenvalue weighted by atomic mass is 79.9. The van der Waals surface area contributed by atoms with Crippen LogP contribution in [0, 0.1) is 0 Å². The van der Waals surface area contributed by atoms with Crippen LogP contribution in [0.3, 0.4) is 0 Å². The lowest BCUT2D eigenvalue weighted by molar-refractivity contribution is -0.145. The van der Waals surface area contributed by atoms with Crippen molar-refractivity contribution in [1.29, 1.82) is 0 Å². The SMILES string of the molecule is CCOC(=O)C(Cc1ccc(Br)cc1)NC(=O)OC(C)(C)C. The second-order valence-corrected chi connectivity index (χ2v) is 6.70. The Morgan fingerprint density at radius 2 is 1.82 bits per heavy atom. The Bertz CT molecular complexity index is 508. The number of rotatable bonds is 5. The van der Waals surface area contributed by atoms with Gasteiger partial charge in [-0.25, -0.2) is 9.59 Å². The van der Waals surface area contributed by atoms with Crippen LogP contribution in [0.15, 0.2) is 28.7 Å². The second-order valence-electron chi connectivity index (χ2n) is 5.78. The van der Waals surface area contributed by atoms with Gasteiger partial charge in [0.1, 0.15) is 11.6 Å². The molecule has 1 atom stereocenters. The van der Waals surface area contributed by atoms with Crippen LogP contribution in [-0.2, 0) is 20.7 Å². The fourth-order valence-electron chi connectivity index (χ4n) is 1.74. The summed E-state index contributed by atoms with van der Waals surface area (Å²) in [6, 6.07) is 6.74. The van der Waals surface area contributed by atoms with Gasteiger partial charge in [0.2, 0.25) is 0 Å². The lowest BCUT2D eigenvalue weighted by Gasteiger charge is -2.23. The first-order valence-corrected chi connectivity index (χ1v) is 7.91. The zero-order valence-electron chi connectivity index (χ0n) is 13.3. The van der Waals surface area contributed by atoms with E-state index in [9.17, 15) is 9.59 Å². The molecule has 5 nitrogen and oxygen atoms in total. The number of esters is 1. The van der Waals surface area contributed by atoms with Crippen molar-refractivity contribution < 1.29 is 19.1 Å². The first-order valence-electron chi connectivity index (χ1n) is 7.12. The maximum atomic E-state index is 12.0. The normalized spacial score (nSPS) is 12.4. The largest absolute Gasteiger partial charge is 0.464 e. The highest BCUT2D eigenvalue weighted by molar-refractivity contribution is 9.10. The van der Waals surface area contributed by atoms with Gasteiger partial charge in [-0.1, -0.05) is 28.1 Å². The van der Waals surface area contributed by atoms with Gasteiger partial charge in [-0.2, -0.15) is 0 Å². The summed E-state index contributed by atoms with van der Waals surface area (Å²) in [6.45, 7) is 7.27. The Balaban J connectivity index is 2.77. The van der Waals surface area contributed by atoms with Gasteiger partial charge < -0.3 is 14.8 Å². The molecule has 0 bridgehead atoms. The van der Waals surface area contributed by atoms with E-state index in [0.717, 1.165) is 10.0 Å². The summed E-state index contributed by atoms with van der Waals surface area (Å²) in [5.74, 6) is -0.476. The average molecular weight is 372 g/mol. The number of carbonyl (C=O) groups excluding carboxylic acids is 2. The van der Waals surface area contributed by atoms with E-state index < -0.39 is 23.7 Å². The molecular weight excluding hydrogens is 350 g/mol. The van der Waals surface area contributed by atoms with E-state index in [4.69, 9.17) is 9.47 Å². The van der Waals surface area contributed by atoms with Crippen LogP contribution < -0.4 is 5.32 Å². The van der Waals surface area contributed by atoms with E-state index in [1.807, 2.05) is 24.3 Å².